The molecule has 2 heterocycles. The van der Waals surface area contributed by atoms with Gasteiger partial charge >= 0.3 is 5.97 Å². The molecular weight excluding hydrogens is 376 g/mol. The van der Waals surface area contributed by atoms with Crippen LogP contribution in [0, 0.1) is 18.3 Å². The quantitative estimate of drug-likeness (QED) is 0.553. The highest BCUT2D eigenvalue weighted by atomic mass is 16.5. The van der Waals surface area contributed by atoms with Gasteiger partial charge in [0.2, 0.25) is 0 Å². The summed E-state index contributed by atoms with van der Waals surface area (Å²) in [6.45, 7) is 5.19. The molecule has 0 bridgehead atoms. The van der Waals surface area contributed by atoms with Crippen molar-refractivity contribution in [2.24, 2.45) is 0 Å². The normalized spacial score (nSPS) is 11.7. The van der Waals surface area contributed by atoms with Crippen LogP contribution in [0.2, 0.25) is 0 Å². The second-order valence-corrected chi connectivity index (χ2v) is 7.08. The van der Waals surface area contributed by atoms with E-state index < -0.39 is 5.97 Å². The zero-order chi connectivity index (χ0) is 21.5. The minimum Gasteiger partial charge on any atom is -0.465 e. The van der Waals surface area contributed by atoms with Crippen LogP contribution in [-0.4, -0.2) is 27.9 Å². The summed E-state index contributed by atoms with van der Waals surface area (Å²) >= 11 is 0. The summed E-state index contributed by atoms with van der Waals surface area (Å²) in [5.41, 5.74) is 4.60. The van der Waals surface area contributed by atoms with E-state index >= 15 is 0 Å². The van der Waals surface area contributed by atoms with E-state index in [2.05, 4.69) is 27.9 Å². The average molecular weight is 400 g/mol. The van der Waals surface area contributed by atoms with Gasteiger partial charge in [0.15, 0.2) is 0 Å². The predicted molar refractivity (Wildman–Crippen MR) is 113 cm³/mol. The number of nitrogens with zero attached hydrogens (tertiary/aromatic N) is 4. The highest BCUT2D eigenvalue weighted by Gasteiger charge is 2.22. The molecule has 3 rings (SSSR count). The number of rotatable bonds is 7. The maximum Gasteiger partial charge on any atom is 0.338 e. The number of pyridine rings is 2. The Morgan fingerprint density at radius 2 is 1.93 bits per heavy atom. The molecule has 0 aliphatic heterocycles. The second kappa shape index (κ2) is 9.77. The molecular formula is C24H24N4O2. The molecule has 152 valence electrons. The van der Waals surface area contributed by atoms with Crippen LogP contribution in [0.4, 0.5) is 0 Å². The van der Waals surface area contributed by atoms with Gasteiger partial charge in [-0.1, -0.05) is 18.2 Å². The fourth-order valence-electron chi connectivity index (χ4n) is 3.32. The van der Waals surface area contributed by atoms with Crippen LogP contribution in [0.25, 0.3) is 0 Å². The zero-order valence-corrected chi connectivity index (χ0v) is 17.4. The molecule has 0 amide bonds. The Labute approximate surface area is 176 Å². The third kappa shape index (κ3) is 4.88. The molecule has 2 aromatic heterocycles. The van der Waals surface area contributed by atoms with Gasteiger partial charge < -0.3 is 4.74 Å². The van der Waals surface area contributed by atoms with E-state index in [4.69, 9.17) is 4.74 Å². The third-order valence-corrected chi connectivity index (χ3v) is 5.15. The standard InChI is InChI=1S/C24H24N4O2/c1-17-7-6-12-27-23(17)16-28(18(2)22-8-4-5-11-26-22)15-20-10-9-19(14-25)13-21(20)24(29)30-3/h4-13,18H,15-16H2,1-3H3. The number of aromatic nitrogens is 2. The molecule has 0 radical (unpaired) electrons. The summed E-state index contributed by atoms with van der Waals surface area (Å²) in [5, 5.41) is 9.22. The van der Waals surface area contributed by atoms with Crippen molar-refractivity contribution in [2.45, 2.75) is 33.0 Å². The Balaban J connectivity index is 2.00. The largest absolute Gasteiger partial charge is 0.465 e. The van der Waals surface area contributed by atoms with Crippen LogP contribution in [0.3, 0.4) is 0 Å². The summed E-state index contributed by atoms with van der Waals surface area (Å²) in [5.74, 6) is -0.457. The van der Waals surface area contributed by atoms with Crippen LogP contribution >= 0.6 is 0 Å². The van der Waals surface area contributed by atoms with Gasteiger partial charge in [-0.25, -0.2) is 4.79 Å². The monoisotopic (exact) mass is 400 g/mol. The van der Waals surface area contributed by atoms with Gasteiger partial charge in [-0.05, 0) is 55.3 Å². The molecule has 0 spiro atoms. The summed E-state index contributed by atoms with van der Waals surface area (Å²) in [4.78, 5) is 23.6. The van der Waals surface area contributed by atoms with Crippen LogP contribution in [-0.2, 0) is 17.8 Å². The second-order valence-electron chi connectivity index (χ2n) is 7.08. The molecule has 0 fully saturated rings. The zero-order valence-electron chi connectivity index (χ0n) is 17.4. The molecule has 3 aromatic rings. The predicted octanol–water partition coefficient (Wildman–Crippen LogP) is 4.21. The highest BCUT2D eigenvalue weighted by Crippen LogP contribution is 2.25. The molecule has 30 heavy (non-hydrogen) atoms. The molecule has 1 aromatic carbocycles. The van der Waals surface area contributed by atoms with Crippen LogP contribution in [0.5, 0.6) is 0 Å². The van der Waals surface area contributed by atoms with Crippen LogP contribution < -0.4 is 0 Å². The van der Waals surface area contributed by atoms with Gasteiger partial charge in [-0.2, -0.15) is 5.26 Å². The maximum absolute atomic E-state index is 12.4. The number of nitriles is 1. The number of carbonyl (C=O) groups is 1. The van der Waals surface area contributed by atoms with Crippen LogP contribution in [0.1, 0.15) is 51.4 Å². The molecule has 1 unspecified atom stereocenters. The van der Waals surface area contributed by atoms with Crippen molar-refractivity contribution in [3.63, 3.8) is 0 Å². The first-order chi connectivity index (χ1) is 14.5. The van der Waals surface area contributed by atoms with E-state index in [1.54, 1.807) is 24.5 Å². The number of benzene rings is 1. The number of aryl methyl sites for hydroxylation is 1. The Morgan fingerprint density at radius 1 is 1.13 bits per heavy atom. The summed E-state index contributed by atoms with van der Waals surface area (Å²) in [7, 11) is 1.34. The van der Waals surface area contributed by atoms with Crippen molar-refractivity contribution in [3.8, 4) is 6.07 Å². The van der Waals surface area contributed by atoms with Gasteiger partial charge in [0.25, 0.3) is 0 Å². The lowest BCUT2D eigenvalue weighted by Crippen LogP contribution is -2.28. The highest BCUT2D eigenvalue weighted by molar-refractivity contribution is 5.91. The Morgan fingerprint density at radius 3 is 2.60 bits per heavy atom. The van der Waals surface area contributed by atoms with E-state index in [9.17, 15) is 10.1 Å². The summed E-state index contributed by atoms with van der Waals surface area (Å²) < 4.78 is 4.95. The van der Waals surface area contributed by atoms with Gasteiger partial charge in [-0.3, -0.25) is 14.9 Å². The van der Waals surface area contributed by atoms with E-state index in [0.717, 1.165) is 22.5 Å². The smallest absolute Gasteiger partial charge is 0.338 e. The maximum atomic E-state index is 12.4. The van der Waals surface area contributed by atoms with Crippen molar-refractivity contribution in [1.29, 1.82) is 5.26 Å². The van der Waals surface area contributed by atoms with Crippen LogP contribution in [0.15, 0.2) is 60.9 Å². The van der Waals surface area contributed by atoms with E-state index in [-0.39, 0.29) is 6.04 Å². The first-order valence-electron chi connectivity index (χ1n) is 9.70. The Kier molecular flexibility index (Phi) is 6.89. The molecule has 0 saturated heterocycles. The lowest BCUT2D eigenvalue weighted by Gasteiger charge is -2.29. The minimum absolute atomic E-state index is 0.0197. The van der Waals surface area contributed by atoms with Crippen molar-refractivity contribution < 1.29 is 9.53 Å². The third-order valence-electron chi connectivity index (χ3n) is 5.15. The van der Waals surface area contributed by atoms with Gasteiger partial charge in [0, 0.05) is 31.5 Å². The lowest BCUT2D eigenvalue weighted by atomic mass is 10.0. The molecule has 1 atom stereocenters. The summed E-state index contributed by atoms with van der Waals surface area (Å²) in [6, 6.07) is 17.0. The SMILES string of the molecule is COC(=O)c1cc(C#N)ccc1CN(Cc1ncccc1C)C(C)c1ccccn1. The van der Waals surface area contributed by atoms with Crippen molar-refractivity contribution in [3.05, 3.63) is 94.6 Å². The molecule has 0 aliphatic carbocycles. The number of hydrogen-bond donors (Lipinski definition) is 0. The number of ether oxygens (including phenoxy) is 1. The summed E-state index contributed by atoms with van der Waals surface area (Å²) in [6.07, 6.45) is 3.56. The van der Waals surface area contributed by atoms with Crippen molar-refractivity contribution in [2.75, 3.05) is 7.11 Å². The number of hydrogen-bond acceptors (Lipinski definition) is 6. The van der Waals surface area contributed by atoms with Crippen molar-refractivity contribution >= 4 is 5.97 Å². The van der Waals surface area contributed by atoms with E-state index in [1.807, 2.05) is 43.3 Å². The topological polar surface area (TPSA) is 79.1 Å². The molecule has 6 heteroatoms. The van der Waals surface area contributed by atoms with Crippen molar-refractivity contribution in [1.82, 2.24) is 14.9 Å². The average Bonchev–Trinajstić information content (AvgIpc) is 2.79. The van der Waals surface area contributed by atoms with Gasteiger partial charge in [0.05, 0.1) is 35.7 Å². The Hall–Kier alpha value is -3.56. The number of esters is 1. The molecule has 0 saturated carbocycles. The fourth-order valence-corrected chi connectivity index (χ4v) is 3.32. The lowest BCUT2D eigenvalue weighted by molar-refractivity contribution is 0.0597. The van der Waals surface area contributed by atoms with Gasteiger partial charge in [-0.15, -0.1) is 0 Å². The molecule has 0 N–H and O–H groups in total. The first kappa shape index (κ1) is 21.2. The van der Waals surface area contributed by atoms with E-state index in [1.165, 1.54) is 7.11 Å². The number of carbonyl (C=O) groups excluding carboxylic acids is 1. The molecule has 0 aliphatic rings. The first-order valence-corrected chi connectivity index (χ1v) is 9.70. The number of methoxy groups -OCH3 is 1. The Bertz CT molecular complexity index is 1060. The minimum atomic E-state index is -0.457. The fraction of sp³-hybridized carbons (Fsp3) is 0.250. The molecule has 6 nitrogen and oxygen atoms in total. The van der Waals surface area contributed by atoms with E-state index in [0.29, 0.717) is 24.2 Å². The van der Waals surface area contributed by atoms with Gasteiger partial charge in [0.1, 0.15) is 0 Å².